The lowest BCUT2D eigenvalue weighted by atomic mass is 9.91. The molecule has 0 radical (unpaired) electrons. The van der Waals surface area contributed by atoms with Gasteiger partial charge in [-0.05, 0) is 48.9 Å². The molecule has 0 saturated carbocycles. The van der Waals surface area contributed by atoms with Crippen LogP contribution in [0.2, 0.25) is 0 Å². The van der Waals surface area contributed by atoms with Crippen molar-refractivity contribution in [1.82, 2.24) is 16.1 Å². The molecule has 0 bridgehead atoms. The highest BCUT2D eigenvalue weighted by Gasteiger charge is 2.48. The van der Waals surface area contributed by atoms with E-state index in [2.05, 4.69) is 17.2 Å². The second-order valence-corrected chi connectivity index (χ2v) is 7.38. The number of halogens is 2. The van der Waals surface area contributed by atoms with Crippen LogP contribution in [0.3, 0.4) is 0 Å². The predicted octanol–water partition coefficient (Wildman–Crippen LogP) is 1.31. The van der Waals surface area contributed by atoms with Crippen LogP contribution in [0.4, 0.5) is 8.78 Å². The number of alkyl halides is 2. The van der Waals surface area contributed by atoms with E-state index in [0.717, 1.165) is 25.0 Å². The molecule has 2 atom stereocenters. The topological polar surface area (TPSA) is 134 Å². The number of nitrogens with two attached hydrogens (primary N) is 1. The monoisotopic (exact) mass is 458 g/mol. The molecule has 0 heterocycles. The van der Waals surface area contributed by atoms with Crippen LogP contribution in [0, 0.1) is 11.8 Å². The lowest BCUT2D eigenvalue weighted by Crippen LogP contribution is -2.68. The molecule has 33 heavy (non-hydrogen) atoms. The highest BCUT2D eigenvalue weighted by Crippen LogP contribution is 2.21. The first-order chi connectivity index (χ1) is 15.6. The summed E-state index contributed by atoms with van der Waals surface area (Å²) in [6.45, 7) is 2.31. The van der Waals surface area contributed by atoms with Crippen molar-refractivity contribution in [1.29, 1.82) is 0 Å². The highest BCUT2D eigenvalue weighted by molar-refractivity contribution is 5.98. The molecule has 0 saturated heterocycles. The molecule has 1 unspecified atom stereocenters. The molecule has 0 spiro atoms. The summed E-state index contributed by atoms with van der Waals surface area (Å²) >= 11 is 0. The number of benzene rings is 2. The van der Waals surface area contributed by atoms with Gasteiger partial charge in [0.15, 0.2) is 0 Å². The number of rotatable bonds is 7. The fourth-order valence-electron chi connectivity index (χ4n) is 2.97. The smallest absolute Gasteiger partial charge is 0.268 e. The Labute approximate surface area is 189 Å². The molecule has 0 aromatic heterocycles. The maximum absolute atomic E-state index is 13.7. The van der Waals surface area contributed by atoms with Gasteiger partial charge in [0, 0.05) is 30.2 Å². The Hall–Kier alpha value is -3.81. The van der Waals surface area contributed by atoms with Gasteiger partial charge in [-0.25, -0.2) is 14.3 Å². The van der Waals surface area contributed by atoms with Gasteiger partial charge < -0.3 is 16.4 Å². The second kappa shape index (κ2) is 11.2. The Kier molecular flexibility index (Phi) is 8.62. The van der Waals surface area contributed by atoms with E-state index in [1.54, 1.807) is 12.1 Å². The van der Waals surface area contributed by atoms with E-state index in [0.29, 0.717) is 12.1 Å². The first kappa shape index (κ1) is 25.5. The summed E-state index contributed by atoms with van der Waals surface area (Å²) in [6, 6.07) is 11.3. The number of hydroxylamine groups is 1. The van der Waals surface area contributed by atoms with E-state index in [1.165, 1.54) is 17.6 Å². The van der Waals surface area contributed by atoms with Crippen molar-refractivity contribution in [2.24, 2.45) is 5.73 Å². The number of hydrogen-bond acceptors (Lipinski definition) is 5. The summed E-state index contributed by atoms with van der Waals surface area (Å²) in [4.78, 5) is 36.0. The molecule has 10 heteroatoms. The first-order valence-electron chi connectivity index (χ1n) is 9.83. The van der Waals surface area contributed by atoms with Crippen LogP contribution < -0.4 is 21.8 Å². The van der Waals surface area contributed by atoms with Crippen molar-refractivity contribution in [2.75, 3.05) is 0 Å². The third-order valence-corrected chi connectivity index (χ3v) is 4.83. The third kappa shape index (κ3) is 6.58. The quantitative estimate of drug-likeness (QED) is 0.242. The molecular weight excluding hydrogens is 434 g/mol. The van der Waals surface area contributed by atoms with Gasteiger partial charge in [0.25, 0.3) is 18.2 Å². The average molecular weight is 458 g/mol. The molecule has 2 aromatic carbocycles. The molecule has 8 nitrogen and oxygen atoms in total. The fraction of sp³-hybridized carbons (Fsp3) is 0.261. The molecule has 0 fully saturated rings. The predicted molar refractivity (Wildman–Crippen MR) is 116 cm³/mol. The number of amides is 3. The molecular formula is C23H24F2N4O4. The highest BCUT2D eigenvalue weighted by atomic mass is 19.3. The zero-order chi connectivity index (χ0) is 24.6. The van der Waals surface area contributed by atoms with Crippen molar-refractivity contribution >= 4 is 17.7 Å². The minimum Gasteiger partial charge on any atom is -0.343 e. The van der Waals surface area contributed by atoms with Crippen LogP contribution in [-0.2, 0) is 16.1 Å². The summed E-state index contributed by atoms with van der Waals surface area (Å²) in [5, 5.41) is 13.1. The minimum atomic E-state index is -3.24. The van der Waals surface area contributed by atoms with Gasteiger partial charge in [-0.2, -0.15) is 0 Å². The lowest BCUT2D eigenvalue weighted by Gasteiger charge is -2.36. The van der Waals surface area contributed by atoms with Crippen LogP contribution in [0.25, 0.3) is 0 Å². The Morgan fingerprint density at radius 1 is 1.03 bits per heavy atom. The molecule has 6 N–H and O–H groups in total. The molecule has 2 aromatic rings. The van der Waals surface area contributed by atoms with E-state index < -0.39 is 35.7 Å². The van der Waals surface area contributed by atoms with Crippen molar-refractivity contribution in [3.63, 3.8) is 0 Å². The summed E-state index contributed by atoms with van der Waals surface area (Å²) in [6.07, 6.45) is -3.24. The summed E-state index contributed by atoms with van der Waals surface area (Å²) in [7, 11) is 0. The van der Waals surface area contributed by atoms with Gasteiger partial charge in [0.05, 0.1) is 0 Å². The summed E-state index contributed by atoms with van der Waals surface area (Å²) in [5.74, 6) is 2.88. The Balaban J connectivity index is 2.21. The van der Waals surface area contributed by atoms with E-state index in [1.807, 2.05) is 29.6 Å². The summed E-state index contributed by atoms with van der Waals surface area (Å²) < 4.78 is 27.4. The van der Waals surface area contributed by atoms with Crippen LogP contribution in [-0.4, -0.2) is 40.9 Å². The number of carbonyl (C=O) groups is 3. The van der Waals surface area contributed by atoms with Gasteiger partial charge in [-0.15, -0.1) is 0 Å². The molecule has 0 aliphatic heterocycles. The molecule has 3 amide bonds. The molecule has 0 aliphatic rings. The van der Waals surface area contributed by atoms with Crippen molar-refractivity contribution in [2.45, 2.75) is 38.4 Å². The number of hydrogen-bond donors (Lipinski definition) is 5. The van der Waals surface area contributed by atoms with Gasteiger partial charge >= 0.3 is 0 Å². The van der Waals surface area contributed by atoms with Crippen molar-refractivity contribution in [3.8, 4) is 11.8 Å². The normalized spacial score (nSPS) is 13.2. The van der Waals surface area contributed by atoms with E-state index in [-0.39, 0.29) is 5.56 Å². The van der Waals surface area contributed by atoms with Crippen LogP contribution >= 0.6 is 0 Å². The van der Waals surface area contributed by atoms with Crippen molar-refractivity contribution in [3.05, 3.63) is 70.8 Å². The van der Waals surface area contributed by atoms with Crippen LogP contribution in [0.1, 0.15) is 40.9 Å². The minimum absolute atomic E-state index is 0.0584. The number of nitrogens with one attached hydrogen (secondary N) is 3. The number of carbonyl (C=O) groups excluding carboxylic acids is 3. The van der Waals surface area contributed by atoms with Crippen LogP contribution in [0.5, 0.6) is 0 Å². The lowest BCUT2D eigenvalue weighted by molar-refractivity contribution is -0.137. The zero-order valence-electron chi connectivity index (χ0n) is 18.0. The third-order valence-electron chi connectivity index (χ3n) is 4.83. The first-order valence-corrected chi connectivity index (χ1v) is 9.83. The Morgan fingerprint density at radius 3 is 1.97 bits per heavy atom. The van der Waals surface area contributed by atoms with Crippen LogP contribution in [0.15, 0.2) is 48.5 Å². The maximum atomic E-state index is 13.7. The molecule has 0 aliphatic carbocycles. The van der Waals surface area contributed by atoms with Crippen molar-refractivity contribution < 1.29 is 28.4 Å². The maximum Gasteiger partial charge on any atom is 0.268 e. The van der Waals surface area contributed by atoms with Gasteiger partial charge in [0.2, 0.25) is 5.91 Å². The standard InChI is InChI=1S/C23H24F2N4O4/c1-14(30)28-23(2,22(24)25)19(21(32)29-33)27-20(31)18-11-9-16(10-12-18)4-3-15-5-7-17(13-26)8-6-15/h5-12,19,22,33H,13,26H2,1-2H3,(H,27,31)(H,28,30)(H,29,32)/t19-,23?/m1/s1. The molecule has 174 valence electrons. The summed E-state index contributed by atoms with van der Waals surface area (Å²) in [5.41, 5.74) is 6.73. The van der Waals surface area contributed by atoms with E-state index in [4.69, 9.17) is 10.9 Å². The van der Waals surface area contributed by atoms with Gasteiger partial charge in [-0.1, -0.05) is 24.0 Å². The fourth-order valence-corrected chi connectivity index (χ4v) is 2.97. The van der Waals surface area contributed by atoms with Gasteiger partial charge in [-0.3, -0.25) is 19.6 Å². The van der Waals surface area contributed by atoms with E-state index >= 15 is 0 Å². The average Bonchev–Trinajstić information content (AvgIpc) is 2.80. The van der Waals surface area contributed by atoms with E-state index in [9.17, 15) is 23.2 Å². The molecule has 2 rings (SSSR count). The Bertz CT molecular complexity index is 1060. The second-order valence-electron chi connectivity index (χ2n) is 7.38. The zero-order valence-corrected chi connectivity index (χ0v) is 18.0. The SMILES string of the molecule is CC(=O)NC(C)(C(F)F)[C@H](NC(=O)c1ccc(C#Cc2ccc(CN)cc2)cc1)C(=O)NO. The van der Waals surface area contributed by atoms with Gasteiger partial charge in [0.1, 0.15) is 11.6 Å². The Morgan fingerprint density at radius 2 is 1.55 bits per heavy atom. The largest absolute Gasteiger partial charge is 0.343 e.